The highest BCUT2D eigenvalue weighted by atomic mass is 16.5. The van der Waals surface area contributed by atoms with Gasteiger partial charge in [0, 0.05) is 17.4 Å². The van der Waals surface area contributed by atoms with Gasteiger partial charge in [-0.3, -0.25) is 4.79 Å². The summed E-state index contributed by atoms with van der Waals surface area (Å²) in [7, 11) is 0. The molecule has 0 fully saturated rings. The molecule has 3 rings (SSSR count). The van der Waals surface area contributed by atoms with Gasteiger partial charge in [0.05, 0.1) is 6.61 Å². The van der Waals surface area contributed by atoms with Gasteiger partial charge in [-0.2, -0.15) is 0 Å². The van der Waals surface area contributed by atoms with E-state index < -0.39 is 0 Å². The second-order valence-corrected chi connectivity index (χ2v) is 6.54. The number of benzene rings is 2. The Morgan fingerprint density at radius 1 is 1.00 bits per heavy atom. The van der Waals surface area contributed by atoms with Gasteiger partial charge < -0.3 is 15.4 Å². The largest absolute Gasteiger partial charge is 0.494 e. The lowest BCUT2D eigenvalue weighted by molar-refractivity contribution is 0.102. The van der Waals surface area contributed by atoms with E-state index in [4.69, 9.17) is 4.74 Å². The van der Waals surface area contributed by atoms with Crippen LogP contribution in [0, 0.1) is 20.8 Å². The summed E-state index contributed by atoms with van der Waals surface area (Å²) < 4.78 is 5.45. The number of hydrogen-bond acceptors (Lipinski definition) is 5. The van der Waals surface area contributed by atoms with Crippen molar-refractivity contribution in [1.82, 2.24) is 9.97 Å². The first kappa shape index (κ1) is 19.4. The maximum absolute atomic E-state index is 12.7. The van der Waals surface area contributed by atoms with Gasteiger partial charge in [0.25, 0.3) is 5.91 Å². The van der Waals surface area contributed by atoms with Gasteiger partial charge in [-0.15, -0.1) is 0 Å². The summed E-state index contributed by atoms with van der Waals surface area (Å²) >= 11 is 0. The zero-order valence-electron chi connectivity index (χ0n) is 16.5. The van der Waals surface area contributed by atoms with Crippen LogP contribution in [0.3, 0.4) is 0 Å². The number of aromatic nitrogens is 2. The van der Waals surface area contributed by atoms with E-state index in [1.54, 1.807) is 13.0 Å². The number of nitrogens with one attached hydrogen (secondary N) is 2. The third-order valence-electron chi connectivity index (χ3n) is 4.14. The molecule has 6 nitrogen and oxygen atoms in total. The van der Waals surface area contributed by atoms with Gasteiger partial charge in [-0.05, 0) is 63.6 Å². The van der Waals surface area contributed by atoms with E-state index in [9.17, 15) is 4.79 Å². The van der Waals surface area contributed by atoms with E-state index in [1.165, 1.54) is 0 Å². The molecule has 0 aliphatic heterocycles. The van der Waals surface area contributed by atoms with Gasteiger partial charge >= 0.3 is 0 Å². The van der Waals surface area contributed by atoms with E-state index in [2.05, 4.69) is 20.6 Å². The zero-order chi connectivity index (χ0) is 20.1. The molecule has 28 heavy (non-hydrogen) atoms. The van der Waals surface area contributed by atoms with Crippen molar-refractivity contribution in [3.8, 4) is 5.75 Å². The van der Waals surface area contributed by atoms with E-state index in [-0.39, 0.29) is 5.91 Å². The molecular weight excluding hydrogens is 352 g/mol. The fourth-order valence-electron chi connectivity index (χ4n) is 2.84. The molecule has 0 atom stereocenters. The Hall–Kier alpha value is -3.41. The molecule has 0 radical (unpaired) electrons. The normalized spacial score (nSPS) is 10.4. The summed E-state index contributed by atoms with van der Waals surface area (Å²) in [5.74, 6) is 1.61. The molecule has 0 aliphatic carbocycles. The second-order valence-electron chi connectivity index (χ2n) is 6.54. The molecule has 3 aromatic rings. The number of rotatable bonds is 6. The van der Waals surface area contributed by atoms with E-state index >= 15 is 0 Å². The second kappa shape index (κ2) is 8.52. The van der Waals surface area contributed by atoms with Gasteiger partial charge in [0.2, 0.25) is 0 Å². The lowest BCUT2D eigenvalue weighted by atomic mass is 10.1. The van der Waals surface area contributed by atoms with Crippen molar-refractivity contribution in [3.05, 3.63) is 71.2 Å². The third-order valence-corrected chi connectivity index (χ3v) is 4.14. The zero-order valence-corrected chi connectivity index (χ0v) is 16.5. The van der Waals surface area contributed by atoms with Crippen molar-refractivity contribution in [2.24, 2.45) is 0 Å². The van der Waals surface area contributed by atoms with Crippen molar-refractivity contribution >= 4 is 23.1 Å². The van der Waals surface area contributed by atoms with Crippen LogP contribution >= 0.6 is 0 Å². The number of carbonyl (C=O) groups excluding carboxylic acids is 1. The van der Waals surface area contributed by atoms with Gasteiger partial charge in [0.1, 0.15) is 23.1 Å². The smallest absolute Gasteiger partial charge is 0.274 e. The lowest BCUT2D eigenvalue weighted by Gasteiger charge is -2.11. The maximum atomic E-state index is 12.7. The monoisotopic (exact) mass is 376 g/mol. The number of ether oxygens (including phenoxy) is 1. The van der Waals surface area contributed by atoms with Crippen LogP contribution < -0.4 is 15.4 Å². The molecule has 0 bridgehead atoms. The summed E-state index contributed by atoms with van der Waals surface area (Å²) in [6.07, 6.45) is 0. The van der Waals surface area contributed by atoms with Crippen LogP contribution in [0.5, 0.6) is 5.75 Å². The number of anilines is 3. The topological polar surface area (TPSA) is 76.1 Å². The molecule has 2 N–H and O–H groups in total. The molecule has 6 heteroatoms. The average molecular weight is 376 g/mol. The SMILES string of the molecule is CCOc1ccc(Nc2cc(C(=O)Nc3ccc(C)cc3C)nc(C)n2)cc1. The summed E-state index contributed by atoms with van der Waals surface area (Å²) in [5, 5.41) is 6.13. The molecule has 2 aromatic carbocycles. The number of hydrogen-bond donors (Lipinski definition) is 2. The summed E-state index contributed by atoms with van der Waals surface area (Å²) in [4.78, 5) is 21.3. The third kappa shape index (κ3) is 4.85. The Bertz CT molecular complexity index is 984. The predicted octanol–water partition coefficient (Wildman–Crippen LogP) is 4.80. The van der Waals surface area contributed by atoms with Crippen molar-refractivity contribution in [2.45, 2.75) is 27.7 Å². The fraction of sp³-hybridized carbons (Fsp3) is 0.227. The van der Waals surface area contributed by atoms with Crippen LogP contribution in [-0.2, 0) is 0 Å². The van der Waals surface area contributed by atoms with Gasteiger partial charge in [-0.1, -0.05) is 17.7 Å². The quantitative estimate of drug-likeness (QED) is 0.646. The standard InChI is InChI=1S/C22H24N4O2/c1-5-28-18-9-7-17(8-10-18)25-21-13-20(23-16(4)24-21)22(27)26-19-11-6-14(2)12-15(19)3/h6-13H,5H2,1-4H3,(H,26,27)(H,23,24,25). The first-order valence-electron chi connectivity index (χ1n) is 9.19. The van der Waals surface area contributed by atoms with Crippen LogP contribution in [0.15, 0.2) is 48.5 Å². The van der Waals surface area contributed by atoms with Crippen LogP contribution in [0.1, 0.15) is 34.4 Å². The molecule has 1 amide bonds. The minimum atomic E-state index is -0.271. The molecule has 144 valence electrons. The van der Waals surface area contributed by atoms with Crippen molar-refractivity contribution in [3.63, 3.8) is 0 Å². The van der Waals surface area contributed by atoms with Gasteiger partial charge in [0.15, 0.2) is 0 Å². The van der Waals surface area contributed by atoms with Crippen LogP contribution in [0.4, 0.5) is 17.2 Å². The Labute approximate surface area is 165 Å². The van der Waals surface area contributed by atoms with Crippen molar-refractivity contribution in [1.29, 1.82) is 0 Å². The Morgan fingerprint density at radius 2 is 1.75 bits per heavy atom. The molecule has 0 saturated carbocycles. The van der Waals surface area contributed by atoms with Crippen molar-refractivity contribution < 1.29 is 9.53 Å². The molecule has 0 spiro atoms. The highest BCUT2D eigenvalue weighted by molar-refractivity contribution is 6.03. The molecule has 0 saturated heterocycles. The minimum absolute atomic E-state index is 0.271. The molecule has 0 unspecified atom stereocenters. The summed E-state index contributed by atoms with van der Waals surface area (Å²) in [5.41, 5.74) is 4.08. The first-order chi connectivity index (χ1) is 13.4. The number of nitrogens with zero attached hydrogens (tertiary/aromatic N) is 2. The molecule has 0 aliphatic rings. The number of carbonyl (C=O) groups is 1. The highest BCUT2D eigenvalue weighted by Crippen LogP contribution is 2.21. The first-order valence-corrected chi connectivity index (χ1v) is 9.19. The van der Waals surface area contributed by atoms with Crippen LogP contribution in [-0.4, -0.2) is 22.5 Å². The molecular formula is C22H24N4O2. The molecule has 1 heterocycles. The minimum Gasteiger partial charge on any atom is -0.494 e. The average Bonchev–Trinajstić information content (AvgIpc) is 2.65. The Morgan fingerprint density at radius 3 is 2.43 bits per heavy atom. The van der Waals surface area contributed by atoms with Gasteiger partial charge in [-0.25, -0.2) is 9.97 Å². The summed E-state index contributed by atoms with van der Waals surface area (Å²) in [6, 6.07) is 15.1. The van der Waals surface area contributed by atoms with Crippen LogP contribution in [0.25, 0.3) is 0 Å². The van der Waals surface area contributed by atoms with E-state index in [0.717, 1.165) is 28.3 Å². The van der Waals surface area contributed by atoms with Crippen molar-refractivity contribution in [2.75, 3.05) is 17.2 Å². The van der Waals surface area contributed by atoms with E-state index in [0.29, 0.717) is 23.9 Å². The van der Waals surface area contributed by atoms with E-state index in [1.807, 2.05) is 63.2 Å². The Kier molecular flexibility index (Phi) is 5.89. The highest BCUT2D eigenvalue weighted by Gasteiger charge is 2.12. The maximum Gasteiger partial charge on any atom is 0.274 e. The fourth-order valence-corrected chi connectivity index (χ4v) is 2.84. The predicted molar refractivity (Wildman–Crippen MR) is 112 cm³/mol. The number of amides is 1. The lowest BCUT2D eigenvalue weighted by Crippen LogP contribution is -2.16. The summed E-state index contributed by atoms with van der Waals surface area (Å²) in [6.45, 7) is 8.31. The number of aryl methyl sites for hydroxylation is 3. The molecule has 1 aromatic heterocycles. The Balaban J connectivity index is 1.77. The van der Waals surface area contributed by atoms with Crippen LogP contribution in [0.2, 0.25) is 0 Å².